The van der Waals surface area contributed by atoms with Crippen molar-refractivity contribution in [2.45, 2.75) is 44.8 Å². The maximum atomic E-state index is 12.0. The second-order valence-corrected chi connectivity index (χ2v) is 5.65. The van der Waals surface area contributed by atoms with Crippen LogP contribution in [-0.2, 0) is 16.0 Å². The lowest BCUT2D eigenvalue weighted by Gasteiger charge is -2.26. The monoisotopic (exact) mass is 327 g/mol. The average molecular weight is 327 g/mol. The Morgan fingerprint density at radius 1 is 1.17 bits per heavy atom. The lowest BCUT2D eigenvalue weighted by molar-refractivity contribution is -0.142. The fraction of sp³-hybridized carbons (Fsp3) is 0.500. The molecule has 1 saturated carbocycles. The summed E-state index contributed by atoms with van der Waals surface area (Å²) < 4.78 is 28.3. The van der Waals surface area contributed by atoms with Crippen molar-refractivity contribution < 1.29 is 28.2 Å². The lowest BCUT2D eigenvalue weighted by atomic mass is 9.86. The molecule has 23 heavy (non-hydrogen) atoms. The largest absolute Gasteiger partial charge is 0.481 e. The molecule has 1 aliphatic carbocycles. The summed E-state index contributed by atoms with van der Waals surface area (Å²) in [6.45, 7) is -2.87. The number of hydrogen-bond donors (Lipinski definition) is 2. The summed E-state index contributed by atoms with van der Waals surface area (Å²) in [4.78, 5) is 22.9. The lowest BCUT2D eigenvalue weighted by Crippen LogP contribution is -2.39. The van der Waals surface area contributed by atoms with Crippen molar-refractivity contribution in [3.05, 3.63) is 29.8 Å². The normalized spacial score (nSPS) is 21.0. The van der Waals surface area contributed by atoms with E-state index in [1.165, 1.54) is 12.1 Å². The Labute approximate surface area is 132 Å². The summed E-state index contributed by atoms with van der Waals surface area (Å²) in [5.41, 5.74) is 0.698. The predicted octanol–water partition coefficient (Wildman–Crippen LogP) is 2.59. The first kappa shape index (κ1) is 17.2. The van der Waals surface area contributed by atoms with Crippen molar-refractivity contribution in [3.8, 4) is 5.75 Å². The number of amides is 1. The van der Waals surface area contributed by atoms with E-state index in [0.29, 0.717) is 31.2 Å². The highest BCUT2D eigenvalue weighted by atomic mass is 19.3. The first-order chi connectivity index (χ1) is 10.9. The fourth-order valence-corrected chi connectivity index (χ4v) is 2.74. The molecule has 0 radical (unpaired) electrons. The van der Waals surface area contributed by atoms with Crippen molar-refractivity contribution >= 4 is 11.9 Å². The first-order valence-corrected chi connectivity index (χ1v) is 7.50. The molecule has 2 rings (SSSR count). The van der Waals surface area contributed by atoms with Crippen molar-refractivity contribution in [2.24, 2.45) is 5.92 Å². The second kappa shape index (κ2) is 7.89. The molecule has 2 N–H and O–H groups in total. The molecule has 1 aromatic carbocycles. The highest BCUT2D eigenvalue weighted by molar-refractivity contribution is 5.79. The molecule has 1 fully saturated rings. The summed E-state index contributed by atoms with van der Waals surface area (Å²) >= 11 is 0. The highest BCUT2D eigenvalue weighted by Crippen LogP contribution is 2.24. The Morgan fingerprint density at radius 3 is 2.30 bits per heavy atom. The van der Waals surface area contributed by atoms with Crippen LogP contribution >= 0.6 is 0 Å². The number of alkyl halides is 2. The van der Waals surface area contributed by atoms with E-state index in [0.717, 1.165) is 0 Å². The molecule has 0 aromatic heterocycles. The van der Waals surface area contributed by atoms with E-state index in [-0.39, 0.29) is 30.0 Å². The third-order valence-electron chi connectivity index (χ3n) is 3.95. The van der Waals surface area contributed by atoms with Crippen LogP contribution in [0, 0.1) is 5.92 Å². The molecule has 7 heteroatoms. The van der Waals surface area contributed by atoms with Crippen LogP contribution in [0.3, 0.4) is 0 Å². The van der Waals surface area contributed by atoms with Gasteiger partial charge in [0.15, 0.2) is 0 Å². The molecule has 0 atom stereocenters. The summed E-state index contributed by atoms with van der Waals surface area (Å²) in [7, 11) is 0. The summed E-state index contributed by atoms with van der Waals surface area (Å²) in [5.74, 6) is -1.20. The van der Waals surface area contributed by atoms with Gasteiger partial charge in [-0.3, -0.25) is 9.59 Å². The SMILES string of the molecule is O=C(Cc1ccc(OC(F)F)cc1)NC1CCC(C(=O)O)CC1. The van der Waals surface area contributed by atoms with Crippen molar-refractivity contribution in [3.63, 3.8) is 0 Å². The maximum absolute atomic E-state index is 12.0. The molecule has 0 unspecified atom stereocenters. The Balaban J connectivity index is 1.78. The minimum Gasteiger partial charge on any atom is -0.481 e. The Morgan fingerprint density at radius 2 is 1.78 bits per heavy atom. The van der Waals surface area contributed by atoms with Crippen LogP contribution in [0.1, 0.15) is 31.2 Å². The van der Waals surface area contributed by atoms with Crippen molar-refractivity contribution in [1.29, 1.82) is 0 Å². The number of hydrogen-bond acceptors (Lipinski definition) is 3. The molecule has 0 saturated heterocycles. The molecule has 0 spiro atoms. The van der Waals surface area contributed by atoms with Crippen molar-refractivity contribution in [2.75, 3.05) is 0 Å². The number of carbonyl (C=O) groups excluding carboxylic acids is 1. The van der Waals surface area contributed by atoms with Crippen LogP contribution in [0.5, 0.6) is 5.75 Å². The van der Waals surface area contributed by atoms with Crippen LogP contribution < -0.4 is 10.1 Å². The Kier molecular flexibility index (Phi) is 5.90. The van der Waals surface area contributed by atoms with Gasteiger partial charge >= 0.3 is 12.6 Å². The number of carbonyl (C=O) groups is 2. The topological polar surface area (TPSA) is 75.6 Å². The van der Waals surface area contributed by atoms with Crippen LogP contribution in [0.25, 0.3) is 0 Å². The molecule has 0 aliphatic heterocycles. The van der Waals surface area contributed by atoms with Gasteiger partial charge in [-0.15, -0.1) is 0 Å². The average Bonchev–Trinajstić information content (AvgIpc) is 2.49. The number of nitrogens with one attached hydrogen (secondary N) is 1. The van der Waals surface area contributed by atoms with E-state index >= 15 is 0 Å². The van der Waals surface area contributed by atoms with Gasteiger partial charge in [0.2, 0.25) is 5.91 Å². The molecule has 5 nitrogen and oxygen atoms in total. The zero-order chi connectivity index (χ0) is 16.8. The maximum Gasteiger partial charge on any atom is 0.387 e. The molecule has 1 amide bonds. The summed E-state index contributed by atoms with van der Waals surface area (Å²) in [6, 6.07) is 5.93. The van der Waals surface area contributed by atoms with Crippen LogP contribution in [-0.4, -0.2) is 29.6 Å². The quantitative estimate of drug-likeness (QED) is 0.842. The van der Waals surface area contributed by atoms with Crippen LogP contribution in [0.2, 0.25) is 0 Å². The number of carboxylic acids is 1. The van der Waals surface area contributed by atoms with E-state index in [9.17, 15) is 18.4 Å². The van der Waals surface area contributed by atoms with E-state index < -0.39 is 12.6 Å². The van der Waals surface area contributed by atoms with Crippen molar-refractivity contribution in [1.82, 2.24) is 5.32 Å². The smallest absolute Gasteiger partial charge is 0.387 e. The van der Waals surface area contributed by atoms with Gasteiger partial charge in [0, 0.05) is 6.04 Å². The Bertz CT molecular complexity index is 540. The third kappa shape index (κ3) is 5.50. The standard InChI is InChI=1S/C16H19F2NO4/c17-16(18)23-13-7-1-10(2-8-13)9-14(20)19-12-5-3-11(4-6-12)15(21)22/h1-2,7-8,11-12,16H,3-6,9H2,(H,19,20)(H,21,22). The number of rotatable bonds is 6. The minimum atomic E-state index is -2.87. The number of halogens is 2. The minimum absolute atomic E-state index is 0.000426. The summed E-state index contributed by atoms with van der Waals surface area (Å²) in [6.07, 6.45) is 2.60. The van der Waals surface area contributed by atoms with Crippen LogP contribution in [0.4, 0.5) is 8.78 Å². The number of carboxylic acid groups (broad SMARTS) is 1. The van der Waals surface area contributed by atoms with E-state index in [1.807, 2.05) is 0 Å². The first-order valence-electron chi connectivity index (χ1n) is 7.50. The van der Waals surface area contributed by atoms with Gasteiger partial charge < -0.3 is 15.2 Å². The zero-order valence-electron chi connectivity index (χ0n) is 12.5. The molecular weight excluding hydrogens is 308 g/mol. The Hall–Kier alpha value is -2.18. The third-order valence-corrected chi connectivity index (χ3v) is 3.95. The molecular formula is C16H19F2NO4. The molecule has 1 aromatic rings. The van der Waals surface area contributed by atoms with E-state index in [4.69, 9.17) is 5.11 Å². The fourth-order valence-electron chi connectivity index (χ4n) is 2.74. The van der Waals surface area contributed by atoms with Gasteiger partial charge in [-0.2, -0.15) is 8.78 Å². The van der Waals surface area contributed by atoms with Crippen LogP contribution in [0.15, 0.2) is 24.3 Å². The molecule has 126 valence electrons. The van der Waals surface area contributed by atoms with E-state index in [1.54, 1.807) is 12.1 Å². The molecule has 1 aliphatic rings. The summed E-state index contributed by atoms with van der Waals surface area (Å²) in [5, 5.41) is 11.8. The number of benzene rings is 1. The molecule has 0 heterocycles. The molecule has 0 bridgehead atoms. The van der Waals surface area contributed by atoms with Gasteiger partial charge in [-0.1, -0.05) is 12.1 Å². The van der Waals surface area contributed by atoms with Gasteiger partial charge in [0.25, 0.3) is 0 Å². The van der Waals surface area contributed by atoms with Gasteiger partial charge in [-0.25, -0.2) is 0 Å². The van der Waals surface area contributed by atoms with Gasteiger partial charge in [-0.05, 0) is 43.4 Å². The predicted molar refractivity (Wildman–Crippen MR) is 78.3 cm³/mol. The number of aliphatic carboxylic acids is 1. The number of ether oxygens (including phenoxy) is 1. The van der Waals surface area contributed by atoms with Gasteiger partial charge in [0.1, 0.15) is 5.75 Å². The van der Waals surface area contributed by atoms with Gasteiger partial charge in [0.05, 0.1) is 12.3 Å². The van der Waals surface area contributed by atoms with E-state index in [2.05, 4.69) is 10.1 Å². The zero-order valence-corrected chi connectivity index (χ0v) is 12.5. The highest BCUT2D eigenvalue weighted by Gasteiger charge is 2.26. The second-order valence-electron chi connectivity index (χ2n) is 5.65.